The van der Waals surface area contributed by atoms with Crippen LogP contribution >= 0.6 is 11.8 Å². The molecule has 1 amide bonds. The lowest BCUT2D eigenvalue weighted by molar-refractivity contribution is -0.140. The van der Waals surface area contributed by atoms with Crippen LogP contribution in [0.2, 0.25) is 0 Å². The first-order chi connectivity index (χ1) is 9.27. The fourth-order valence-electron chi connectivity index (χ4n) is 1.57. The van der Waals surface area contributed by atoms with Crippen molar-refractivity contribution in [1.29, 1.82) is 0 Å². The van der Waals surface area contributed by atoms with Gasteiger partial charge in [-0.3, -0.25) is 19.2 Å². The Hall–Kier alpha value is -1.37. The number of Topliss-reactive ketones (excluding diaryl/α,β-unsaturated/α-hetero) is 2. The van der Waals surface area contributed by atoms with Crippen molar-refractivity contribution in [3.05, 3.63) is 0 Å². The monoisotopic (exact) mass is 303 g/mol. The Morgan fingerprint density at radius 1 is 1.15 bits per heavy atom. The zero-order chi connectivity index (χ0) is 15.7. The summed E-state index contributed by atoms with van der Waals surface area (Å²) in [4.78, 5) is 44.6. The quantitative estimate of drug-likeness (QED) is 0.621. The van der Waals surface area contributed by atoms with Crippen molar-refractivity contribution in [2.24, 2.45) is 5.92 Å². The van der Waals surface area contributed by atoms with Crippen LogP contribution in [0.3, 0.4) is 0 Å². The van der Waals surface area contributed by atoms with Crippen LogP contribution in [0.25, 0.3) is 0 Å². The van der Waals surface area contributed by atoms with Gasteiger partial charge < -0.3 is 10.4 Å². The minimum Gasteiger partial charge on any atom is -0.481 e. The van der Waals surface area contributed by atoms with Crippen LogP contribution in [0.4, 0.5) is 0 Å². The van der Waals surface area contributed by atoms with E-state index in [1.54, 1.807) is 6.92 Å². The van der Waals surface area contributed by atoms with Crippen molar-refractivity contribution in [3.8, 4) is 0 Å². The van der Waals surface area contributed by atoms with Crippen LogP contribution in [0.15, 0.2) is 0 Å². The lowest BCUT2D eigenvalue weighted by Gasteiger charge is -2.17. The van der Waals surface area contributed by atoms with E-state index in [0.717, 1.165) is 0 Å². The van der Waals surface area contributed by atoms with Crippen molar-refractivity contribution < 1.29 is 24.3 Å². The molecule has 0 saturated carbocycles. The number of hydrogen-bond donors (Lipinski definition) is 2. The van der Waals surface area contributed by atoms with Crippen molar-refractivity contribution in [1.82, 2.24) is 5.32 Å². The van der Waals surface area contributed by atoms with Gasteiger partial charge in [-0.15, -0.1) is 0 Å². The number of aliphatic carboxylic acids is 1. The van der Waals surface area contributed by atoms with E-state index in [1.165, 1.54) is 25.6 Å². The SMILES string of the molecule is CCC(=O)[C@H](CSCC(CC(=O)O)C(C)=O)NC(C)=O. The van der Waals surface area contributed by atoms with Gasteiger partial charge in [0.25, 0.3) is 0 Å². The van der Waals surface area contributed by atoms with Crippen LogP contribution in [0.5, 0.6) is 0 Å². The fraction of sp³-hybridized carbons (Fsp3) is 0.692. The van der Waals surface area contributed by atoms with Crippen molar-refractivity contribution in [2.45, 2.75) is 39.7 Å². The van der Waals surface area contributed by atoms with Crippen LogP contribution in [-0.4, -0.2) is 46.1 Å². The molecule has 1 unspecified atom stereocenters. The zero-order valence-corrected chi connectivity index (χ0v) is 12.8. The third kappa shape index (κ3) is 7.93. The first-order valence-corrected chi connectivity index (χ1v) is 7.53. The lowest BCUT2D eigenvalue weighted by atomic mass is 10.0. The molecular weight excluding hydrogens is 282 g/mol. The summed E-state index contributed by atoms with van der Waals surface area (Å²) in [6.45, 7) is 4.41. The summed E-state index contributed by atoms with van der Waals surface area (Å²) >= 11 is 1.31. The molecule has 0 aromatic carbocycles. The molecule has 0 fully saturated rings. The highest BCUT2D eigenvalue weighted by molar-refractivity contribution is 7.99. The molecule has 0 heterocycles. The van der Waals surface area contributed by atoms with Gasteiger partial charge >= 0.3 is 5.97 Å². The number of hydrogen-bond acceptors (Lipinski definition) is 5. The number of carbonyl (C=O) groups excluding carboxylic acids is 3. The third-order valence-electron chi connectivity index (χ3n) is 2.71. The van der Waals surface area contributed by atoms with E-state index in [1.807, 2.05) is 0 Å². The predicted molar refractivity (Wildman–Crippen MR) is 76.7 cm³/mol. The minimum absolute atomic E-state index is 0.0784. The number of thioether (sulfide) groups is 1. The number of rotatable bonds is 10. The van der Waals surface area contributed by atoms with Crippen molar-refractivity contribution >= 4 is 35.2 Å². The van der Waals surface area contributed by atoms with Gasteiger partial charge in [0.2, 0.25) is 5.91 Å². The number of carboxylic acid groups (broad SMARTS) is 1. The van der Waals surface area contributed by atoms with E-state index >= 15 is 0 Å². The molecule has 6 nitrogen and oxygen atoms in total. The summed E-state index contributed by atoms with van der Waals surface area (Å²) < 4.78 is 0. The predicted octanol–water partition coefficient (Wildman–Crippen LogP) is 0.883. The van der Waals surface area contributed by atoms with E-state index in [4.69, 9.17) is 5.11 Å². The summed E-state index contributed by atoms with van der Waals surface area (Å²) in [5, 5.41) is 11.3. The molecule has 20 heavy (non-hydrogen) atoms. The largest absolute Gasteiger partial charge is 0.481 e. The highest BCUT2D eigenvalue weighted by atomic mass is 32.2. The summed E-state index contributed by atoms with van der Waals surface area (Å²) in [5.41, 5.74) is 0. The van der Waals surface area contributed by atoms with Gasteiger partial charge in [0.15, 0.2) is 5.78 Å². The number of carbonyl (C=O) groups is 4. The molecule has 7 heteroatoms. The molecule has 2 atom stereocenters. The Balaban J connectivity index is 4.39. The molecule has 0 aromatic heterocycles. The molecule has 0 radical (unpaired) electrons. The Labute approximate surface area is 122 Å². The maximum absolute atomic E-state index is 11.6. The molecular formula is C13H21NO5S. The first-order valence-electron chi connectivity index (χ1n) is 6.37. The lowest BCUT2D eigenvalue weighted by Crippen LogP contribution is -2.41. The highest BCUT2D eigenvalue weighted by Crippen LogP contribution is 2.15. The second-order valence-electron chi connectivity index (χ2n) is 4.52. The number of ketones is 2. The van der Waals surface area contributed by atoms with E-state index < -0.39 is 17.9 Å². The van der Waals surface area contributed by atoms with E-state index in [0.29, 0.717) is 17.9 Å². The second-order valence-corrected chi connectivity index (χ2v) is 5.59. The molecule has 0 spiro atoms. The third-order valence-corrected chi connectivity index (χ3v) is 3.92. The molecule has 0 bridgehead atoms. The highest BCUT2D eigenvalue weighted by Gasteiger charge is 2.21. The van der Waals surface area contributed by atoms with Crippen molar-refractivity contribution in [3.63, 3.8) is 0 Å². The smallest absolute Gasteiger partial charge is 0.304 e. The van der Waals surface area contributed by atoms with Gasteiger partial charge in [0.1, 0.15) is 5.78 Å². The second kappa shape index (κ2) is 9.52. The summed E-state index contributed by atoms with van der Waals surface area (Å²) in [6, 6.07) is -0.583. The van der Waals surface area contributed by atoms with Crippen LogP contribution in [0, 0.1) is 5.92 Å². The molecule has 2 N–H and O–H groups in total. The molecule has 0 aliphatic rings. The Bertz CT molecular complexity index is 383. The van der Waals surface area contributed by atoms with Crippen LogP contribution in [0.1, 0.15) is 33.6 Å². The normalized spacial score (nSPS) is 13.3. The topological polar surface area (TPSA) is 101 Å². The van der Waals surface area contributed by atoms with E-state index in [-0.39, 0.29) is 23.9 Å². The van der Waals surface area contributed by atoms with E-state index in [2.05, 4.69) is 5.32 Å². The van der Waals surface area contributed by atoms with Gasteiger partial charge in [-0.1, -0.05) is 6.92 Å². The molecule has 0 rings (SSSR count). The maximum atomic E-state index is 11.6. The zero-order valence-electron chi connectivity index (χ0n) is 12.0. The standard InChI is InChI=1S/C13H21NO5S/c1-4-12(17)11(14-9(3)16)7-20-6-10(8(2)15)5-13(18)19/h10-11H,4-7H2,1-3H3,(H,14,16)(H,18,19)/t10?,11-/m0/s1. The Kier molecular flexibility index (Phi) is 8.87. The average Bonchev–Trinajstić information content (AvgIpc) is 2.34. The van der Waals surface area contributed by atoms with Crippen LogP contribution < -0.4 is 5.32 Å². The van der Waals surface area contributed by atoms with Gasteiger partial charge in [0, 0.05) is 30.8 Å². The summed E-state index contributed by atoms with van der Waals surface area (Å²) in [7, 11) is 0. The molecule has 0 aliphatic carbocycles. The van der Waals surface area contributed by atoms with Gasteiger partial charge in [-0.25, -0.2) is 0 Å². The first kappa shape index (κ1) is 18.6. The number of carboxylic acids is 1. The molecule has 0 aliphatic heterocycles. The molecule has 0 aromatic rings. The van der Waals surface area contributed by atoms with Crippen molar-refractivity contribution in [2.75, 3.05) is 11.5 Å². The Morgan fingerprint density at radius 2 is 1.75 bits per heavy atom. The summed E-state index contributed by atoms with van der Waals surface area (Å²) in [5.74, 6) is -1.46. The molecule has 114 valence electrons. The summed E-state index contributed by atoms with van der Waals surface area (Å²) in [6.07, 6.45) is 0.103. The molecule has 0 saturated heterocycles. The number of amides is 1. The fourth-order valence-corrected chi connectivity index (χ4v) is 2.84. The average molecular weight is 303 g/mol. The maximum Gasteiger partial charge on any atom is 0.304 e. The minimum atomic E-state index is -1.02. The van der Waals surface area contributed by atoms with Gasteiger partial charge in [0.05, 0.1) is 12.5 Å². The van der Waals surface area contributed by atoms with E-state index in [9.17, 15) is 19.2 Å². The van der Waals surface area contributed by atoms with Crippen LogP contribution in [-0.2, 0) is 19.2 Å². The number of nitrogens with one attached hydrogen (secondary N) is 1. The van der Waals surface area contributed by atoms with Gasteiger partial charge in [-0.05, 0) is 6.92 Å². The Morgan fingerprint density at radius 3 is 2.15 bits per heavy atom. The van der Waals surface area contributed by atoms with Gasteiger partial charge in [-0.2, -0.15) is 11.8 Å².